The smallest absolute Gasteiger partial charge is 0.311 e. The second-order valence-corrected chi connectivity index (χ2v) is 6.75. The standard InChI is InChI=1S/C18H17ClN2O3/c1-18(17(23)24)6-7-21(11-18)16(22)14-8-13(9-20-10-14)12-2-4-15(19)5-3-12/h2-5,8-10H,6-7,11H2,1H3,(H,23,24). The number of amides is 1. The van der Waals surface area contributed by atoms with Crippen LogP contribution in [0.15, 0.2) is 42.7 Å². The molecule has 1 atom stereocenters. The maximum absolute atomic E-state index is 12.7. The second-order valence-electron chi connectivity index (χ2n) is 6.31. The van der Waals surface area contributed by atoms with Gasteiger partial charge in [-0.05, 0) is 37.1 Å². The third-order valence-corrected chi connectivity index (χ3v) is 4.69. The summed E-state index contributed by atoms with van der Waals surface area (Å²) in [6.45, 7) is 2.32. The van der Waals surface area contributed by atoms with E-state index < -0.39 is 11.4 Å². The highest BCUT2D eigenvalue weighted by Gasteiger charge is 2.42. The molecule has 1 N–H and O–H groups in total. The van der Waals surface area contributed by atoms with Crippen LogP contribution in [-0.4, -0.2) is 40.0 Å². The van der Waals surface area contributed by atoms with Crippen LogP contribution in [0.2, 0.25) is 5.02 Å². The van der Waals surface area contributed by atoms with Gasteiger partial charge in [0.05, 0.1) is 11.0 Å². The molecule has 6 heteroatoms. The van der Waals surface area contributed by atoms with E-state index in [0.717, 1.165) is 11.1 Å². The molecular weight excluding hydrogens is 328 g/mol. The molecule has 1 unspecified atom stereocenters. The molecular formula is C18H17ClN2O3. The lowest BCUT2D eigenvalue weighted by Gasteiger charge is -2.20. The fourth-order valence-electron chi connectivity index (χ4n) is 2.85. The average molecular weight is 345 g/mol. The molecule has 1 aliphatic rings. The Morgan fingerprint density at radius 2 is 1.92 bits per heavy atom. The first-order chi connectivity index (χ1) is 11.4. The molecule has 1 fully saturated rings. The zero-order valence-corrected chi connectivity index (χ0v) is 14.0. The van der Waals surface area contributed by atoms with Crippen LogP contribution in [-0.2, 0) is 4.79 Å². The summed E-state index contributed by atoms with van der Waals surface area (Å²) in [5, 5.41) is 9.94. The number of carbonyl (C=O) groups is 2. The molecule has 0 spiro atoms. The van der Waals surface area contributed by atoms with Gasteiger partial charge in [0.1, 0.15) is 0 Å². The van der Waals surface area contributed by atoms with Crippen LogP contribution in [0.4, 0.5) is 0 Å². The number of halogens is 1. The van der Waals surface area contributed by atoms with E-state index in [-0.39, 0.29) is 12.5 Å². The number of aliphatic carboxylic acids is 1. The normalized spacial score (nSPS) is 20.2. The Bertz CT molecular complexity index is 791. The van der Waals surface area contributed by atoms with E-state index in [0.29, 0.717) is 23.6 Å². The molecule has 124 valence electrons. The van der Waals surface area contributed by atoms with Crippen LogP contribution >= 0.6 is 11.6 Å². The van der Waals surface area contributed by atoms with Crippen molar-refractivity contribution in [1.29, 1.82) is 0 Å². The number of carboxylic acid groups (broad SMARTS) is 1. The highest BCUT2D eigenvalue weighted by atomic mass is 35.5. The quantitative estimate of drug-likeness (QED) is 0.927. The molecule has 2 aromatic rings. The van der Waals surface area contributed by atoms with Crippen LogP contribution in [0.5, 0.6) is 0 Å². The Balaban J connectivity index is 1.83. The van der Waals surface area contributed by atoms with Crippen molar-refractivity contribution in [1.82, 2.24) is 9.88 Å². The molecule has 5 nitrogen and oxygen atoms in total. The van der Waals surface area contributed by atoms with E-state index in [2.05, 4.69) is 4.98 Å². The number of rotatable bonds is 3. The minimum absolute atomic E-state index is 0.191. The van der Waals surface area contributed by atoms with Crippen LogP contribution in [0, 0.1) is 5.41 Å². The van der Waals surface area contributed by atoms with E-state index in [4.69, 9.17) is 11.6 Å². The summed E-state index contributed by atoms with van der Waals surface area (Å²) in [6.07, 6.45) is 3.65. The minimum Gasteiger partial charge on any atom is -0.481 e. The molecule has 1 aromatic carbocycles. The zero-order chi connectivity index (χ0) is 17.3. The fraction of sp³-hybridized carbons (Fsp3) is 0.278. The second kappa shape index (κ2) is 6.24. The van der Waals surface area contributed by atoms with Gasteiger partial charge < -0.3 is 10.0 Å². The van der Waals surface area contributed by atoms with Crippen molar-refractivity contribution in [2.45, 2.75) is 13.3 Å². The van der Waals surface area contributed by atoms with Gasteiger partial charge in [0.15, 0.2) is 0 Å². The van der Waals surface area contributed by atoms with Crippen LogP contribution in [0.25, 0.3) is 11.1 Å². The Morgan fingerprint density at radius 1 is 1.21 bits per heavy atom. The van der Waals surface area contributed by atoms with Crippen molar-refractivity contribution >= 4 is 23.5 Å². The van der Waals surface area contributed by atoms with Crippen molar-refractivity contribution in [2.75, 3.05) is 13.1 Å². The number of hydrogen-bond donors (Lipinski definition) is 1. The molecule has 3 rings (SSSR count). The number of hydrogen-bond acceptors (Lipinski definition) is 3. The number of likely N-dealkylation sites (tertiary alicyclic amines) is 1. The van der Waals surface area contributed by atoms with Crippen molar-refractivity contribution in [3.63, 3.8) is 0 Å². The number of carboxylic acids is 1. The van der Waals surface area contributed by atoms with Crippen LogP contribution < -0.4 is 0 Å². The van der Waals surface area contributed by atoms with Crippen LogP contribution in [0.3, 0.4) is 0 Å². The van der Waals surface area contributed by atoms with Crippen molar-refractivity contribution in [3.8, 4) is 11.1 Å². The van der Waals surface area contributed by atoms with Gasteiger partial charge in [0.2, 0.25) is 0 Å². The van der Waals surface area contributed by atoms with E-state index in [1.54, 1.807) is 36.2 Å². The predicted octanol–water partition coefficient (Wildman–Crippen LogP) is 3.34. The Kier molecular flexibility index (Phi) is 4.28. The lowest BCUT2D eigenvalue weighted by atomic mass is 9.90. The monoisotopic (exact) mass is 344 g/mol. The Hall–Kier alpha value is -2.40. The molecule has 24 heavy (non-hydrogen) atoms. The summed E-state index contributed by atoms with van der Waals surface area (Å²) in [7, 11) is 0. The lowest BCUT2D eigenvalue weighted by Crippen LogP contribution is -2.34. The van der Waals surface area contributed by atoms with Gasteiger partial charge >= 0.3 is 5.97 Å². The Labute approximate surface area is 144 Å². The van der Waals surface area contributed by atoms with Gasteiger partial charge in [-0.25, -0.2) is 0 Å². The first kappa shape index (κ1) is 16.5. The number of pyridine rings is 1. The molecule has 1 amide bonds. The summed E-state index contributed by atoms with van der Waals surface area (Å²) in [6, 6.07) is 9.07. The summed E-state index contributed by atoms with van der Waals surface area (Å²) < 4.78 is 0. The molecule has 1 saturated heterocycles. The summed E-state index contributed by atoms with van der Waals surface area (Å²) in [4.78, 5) is 29.7. The van der Waals surface area contributed by atoms with Crippen molar-refractivity contribution in [2.24, 2.45) is 5.41 Å². The average Bonchev–Trinajstić information content (AvgIpc) is 2.99. The topological polar surface area (TPSA) is 70.5 Å². The first-order valence-corrected chi connectivity index (χ1v) is 8.00. The van der Waals surface area contributed by atoms with Crippen molar-refractivity contribution in [3.05, 3.63) is 53.3 Å². The number of aromatic nitrogens is 1. The molecule has 0 saturated carbocycles. The molecule has 1 aliphatic heterocycles. The number of nitrogens with zero attached hydrogens (tertiary/aromatic N) is 2. The summed E-state index contributed by atoms with van der Waals surface area (Å²) >= 11 is 5.89. The SMILES string of the molecule is CC1(C(=O)O)CCN(C(=O)c2cncc(-c3ccc(Cl)cc3)c2)C1. The zero-order valence-electron chi connectivity index (χ0n) is 13.2. The number of benzene rings is 1. The van der Waals surface area contributed by atoms with E-state index in [1.807, 2.05) is 12.1 Å². The Morgan fingerprint density at radius 3 is 2.54 bits per heavy atom. The lowest BCUT2D eigenvalue weighted by molar-refractivity contribution is -0.147. The van der Waals surface area contributed by atoms with Gasteiger partial charge in [-0.1, -0.05) is 23.7 Å². The molecule has 1 aromatic heterocycles. The largest absolute Gasteiger partial charge is 0.481 e. The van der Waals surface area contributed by atoms with Gasteiger partial charge in [0.25, 0.3) is 5.91 Å². The van der Waals surface area contributed by atoms with Crippen LogP contribution in [0.1, 0.15) is 23.7 Å². The minimum atomic E-state index is -0.878. The van der Waals surface area contributed by atoms with Gasteiger partial charge in [-0.15, -0.1) is 0 Å². The predicted molar refractivity (Wildman–Crippen MR) is 90.9 cm³/mol. The third-order valence-electron chi connectivity index (χ3n) is 4.44. The molecule has 0 bridgehead atoms. The highest BCUT2D eigenvalue weighted by molar-refractivity contribution is 6.30. The van der Waals surface area contributed by atoms with Crippen molar-refractivity contribution < 1.29 is 14.7 Å². The maximum Gasteiger partial charge on any atom is 0.311 e. The van der Waals surface area contributed by atoms with E-state index in [1.165, 1.54) is 6.20 Å². The summed E-state index contributed by atoms with van der Waals surface area (Å²) in [5.41, 5.74) is 1.31. The maximum atomic E-state index is 12.7. The molecule has 2 heterocycles. The third kappa shape index (κ3) is 3.12. The molecule has 0 radical (unpaired) electrons. The van der Waals surface area contributed by atoms with Gasteiger partial charge in [-0.2, -0.15) is 0 Å². The van der Waals surface area contributed by atoms with Gasteiger partial charge in [-0.3, -0.25) is 14.6 Å². The highest BCUT2D eigenvalue weighted by Crippen LogP contribution is 2.31. The van der Waals surface area contributed by atoms with E-state index >= 15 is 0 Å². The first-order valence-electron chi connectivity index (χ1n) is 7.63. The van der Waals surface area contributed by atoms with Gasteiger partial charge in [0, 0.05) is 36.1 Å². The summed E-state index contributed by atoms with van der Waals surface area (Å²) in [5.74, 6) is -1.06. The molecule has 0 aliphatic carbocycles. The fourth-order valence-corrected chi connectivity index (χ4v) is 2.97. The number of carbonyl (C=O) groups excluding carboxylic acids is 1. The van der Waals surface area contributed by atoms with E-state index in [9.17, 15) is 14.7 Å².